The Morgan fingerprint density at radius 1 is 1.08 bits per heavy atom. The molecule has 1 saturated heterocycles. The second-order valence-corrected chi connectivity index (χ2v) is 6.94. The Morgan fingerprint density at radius 3 is 2.21 bits per heavy atom. The van der Waals surface area contributed by atoms with Gasteiger partial charge in [-0.15, -0.1) is 0 Å². The van der Waals surface area contributed by atoms with Crippen LogP contribution in [0.1, 0.15) is 26.2 Å². The predicted molar refractivity (Wildman–Crippen MR) is 92.7 cm³/mol. The van der Waals surface area contributed by atoms with E-state index in [0.29, 0.717) is 38.2 Å². The number of piperazine rings is 1. The summed E-state index contributed by atoms with van der Waals surface area (Å²) >= 11 is 0. The van der Waals surface area contributed by atoms with Crippen LogP contribution in [-0.4, -0.2) is 87.2 Å². The highest BCUT2D eigenvalue weighted by Gasteiger charge is 2.29. The number of nitrogens with one attached hydrogen (secondary N) is 2. The topological polar surface area (TPSA) is 73.9 Å². The van der Waals surface area contributed by atoms with Crippen LogP contribution in [-0.2, 0) is 14.3 Å². The summed E-state index contributed by atoms with van der Waals surface area (Å²) in [5.41, 5.74) is 0. The summed E-state index contributed by atoms with van der Waals surface area (Å²) in [6.07, 6.45) is 3.33. The fourth-order valence-electron chi connectivity index (χ4n) is 3.03. The van der Waals surface area contributed by atoms with E-state index in [2.05, 4.69) is 27.4 Å². The standard InChI is InChI=1S/C17H32N4O3/c1-14(15-4-5-15)19-17(23)13-21-9-7-20(8-10-21)12-16(22)18-6-3-11-24-2/h14-15H,3-13H2,1-2H3,(H,18,22)(H,19,23). The van der Waals surface area contributed by atoms with E-state index in [9.17, 15) is 9.59 Å². The second kappa shape index (κ2) is 9.96. The van der Waals surface area contributed by atoms with Crippen molar-refractivity contribution in [2.45, 2.75) is 32.2 Å². The van der Waals surface area contributed by atoms with E-state index in [4.69, 9.17) is 4.74 Å². The maximum Gasteiger partial charge on any atom is 0.234 e. The first kappa shape index (κ1) is 19.1. The van der Waals surface area contributed by atoms with Gasteiger partial charge in [-0.1, -0.05) is 0 Å². The molecule has 0 spiro atoms. The van der Waals surface area contributed by atoms with Gasteiger partial charge in [0.15, 0.2) is 0 Å². The summed E-state index contributed by atoms with van der Waals surface area (Å²) in [7, 11) is 1.66. The van der Waals surface area contributed by atoms with E-state index in [1.165, 1.54) is 12.8 Å². The predicted octanol–water partition coefficient (Wildman–Crippen LogP) is -0.329. The zero-order chi connectivity index (χ0) is 17.4. The molecule has 1 atom stereocenters. The molecular formula is C17H32N4O3. The van der Waals surface area contributed by atoms with Gasteiger partial charge in [-0.05, 0) is 32.1 Å². The molecule has 2 aliphatic rings. The highest BCUT2D eigenvalue weighted by atomic mass is 16.5. The number of carbonyl (C=O) groups is 2. The molecule has 1 unspecified atom stereocenters. The first-order chi connectivity index (χ1) is 11.6. The molecule has 1 saturated carbocycles. The normalized spacial score (nSPS) is 20.6. The zero-order valence-electron chi connectivity index (χ0n) is 15.1. The van der Waals surface area contributed by atoms with Gasteiger partial charge in [-0.2, -0.15) is 0 Å². The summed E-state index contributed by atoms with van der Waals surface area (Å²) in [6.45, 7) is 7.66. The summed E-state index contributed by atoms with van der Waals surface area (Å²) in [6, 6.07) is 0.306. The summed E-state index contributed by atoms with van der Waals surface area (Å²) in [5, 5.41) is 6.01. The number of carbonyl (C=O) groups excluding carboxylic acids is 2. The molecule has 2 rings (SSSR count). The SMILES string of the molecule is COCCCNC(=O)CN1CCN(CC(=O)NC(C)C2CC2)CC1. The molecule has 2 amide bonds. The van der Waals surface area contributed by atoms with Gasteiger partial charge in [0.25, 0.3) is 0 Å². The Morgan fingerprint density at radius 2 is 1.67 bits per heavy atom. The van der Waals surface area contributed by atoms with Crippen molar-refractivity contribution in [1.82, 2.24) is 20.4 Å². The molecule has 2 fully saturated rings. The number of rotatable bonds is 10. The van der Waals surface area contributed by atoms with Gasteiger partial charge in [0.05, 0.1) is 13.1 Å². The number of ether oxygens (including phenoxy) is 1. The number of nitrogens with zero attached hydrogens (tertiary/aromatic N) is 2. The Balaban J connectivity index is 1.55. The van der Waals surface area contributed by atoms with Gasteiger partial charge in [-0.3, -0.25) is 19.4 Å². The quantitative estimate of drug-likeness (QED) is 0.533. The molecule has 0 aromatic heterocycles. The smallest absolute Gasteiger partial charge is 0.234 e. The Labute approximate surface area is 145 Å². The monoisotopic (exact) mass is 340 g/mol. The van der Waals surface area contributed by atoms with Crippen LogP contribution < -0.4 is 10.6 Å². The molecule has 0 bridgehead atoms. The molecule has 2 N–H and O–H groups in total. The Bertz CT molecular complexity index is 407. The number of hydrogen-bond donors (Lipinski definition) is 2. The van der Waals surface area contributed by atoms with Crippen LogP contribution in [0, 0.1) is 5.92 Å². The van der Waals surface area contributed by atoms with Crippen molar-refractivity contribution in [2.75, 3.05) is 59.5 Å². The van der Waals surface area contributed by atoms with Gasteiger partial charge in [-0.25, -0.2) is 0 Å². The van der Waals surface area contributed by atoms with Gasteiger partial charge >= 0.3 is 0 Å². The van der Waals surface area contributed by atoms with Gasteiger partial charge in [0, 0.05) is 52.5 Å². The molecule has 24 heavy (non-hydrogen) atoms. The molecule has 7 nitrogen and oxygen atoms in total. The highest BCUT2D eigenvalue weighted by molar-refractivity contribution is 5.78. The molecule has 1 aliphatic carbocycles. The van der Waals surface area contributed by atoms with Crippen LogP contribution in [0.4, 0.5) is 0 Å². The average molecular weight is 340 g/mol. The van der Waals surface area contributed by atoms with Crippen molar-refractivity contribution in [1.29, 1.82) is 0 Å². The van der Waals surface area contributed by atoms with E-state index in [-0.39, 0.29) is 11.8 Å². The Hall–Kier alpha value is -1.18. The van der Waals surface area contributed by atoms with Crippen molar-refractivity contribution >= 4 is 11.8 Å². The number of hydrogen-bond acceptors (Lipinski definition) is 5. The minimum atomic E-state index is 0.0653. The van der Waals surface area contributed by atoms with Gasteiger partial charge in [0.2, 0.25) is 11.8 Å². The van der Waals surface area contributed by atoms with E-state index < -0.39 is 0 Å². The number of amides is 2. The van der Waals surface area contributed by atoms with Crippen LogP contribution in [0.15, 0.2) is 0 Å². The molecule has 0 radical (unpaired) electrons. The minimum Gasteiger partial charge on any atom is -0.385 e. The molecule has 0 aromatic rings. The van der Waals surface area contributed by atoms with Crippen LogP contribution in [0.3, 0.4) is 0 Å². The van der Waals surface area contributed by atoms with E-state index in [1.807, 2.05) is 0 Å². The van der Waals surface area contributed by atoms with Crippen molar-refractivity contribution in [3.05, 3.63) is 0 Å². The molecule has 138 valence electrons. The lowest BCUT2D eigenvalue weighted by atomic mass is 10.2. The fraction of sp³-hybridized carbons (Fsp3) is 0.882. The first-order valence-corrected chi connectivity index (χ1v) is 9.08. The largest absolute Gasteiger partial charge is 0.385 e. The first-order valence-electron chi connectivity index (χ1n) is 9.08. The summed E-state index contributed by atoms with van der Waals surface area (Å²) < 4.78 is 4.96. The molecule has 0 aromatic carbocycles. The minimum absolute atomic E-state index is 0.0653. The van der Waals surface area contributed by atoms with Gasteiger partial charge < -0.3 is 15.4 Å². The number of methoxy groups -OCH3 is 1. The summed E-state index contributed by atoms with van der Waals surface area (Å²) in [5.74, 6) is 0.877. The van der Waals surface area contributed by atoms with E-state index in [0.717, 1.165) is 32.6 Å². The van der Waals surface area contributed by atoms with Crippen molar-refractivity contribution in [2.24, 2.45) is 5.92 Å². The second-order valence-electron chi connectivity index (χ2n) is 6.94. The zero-order valence-corrected chi connectivity index (χ0v) is 15.1. The summed E-state index contributed by atoms with van der Waals surface area (Å²) in [4.78, 5) is 28.2. The van der Waals surface area contributed by atoms with E-state index in [1.54, 1.807) is 7.11 Å². The lowest BCUT2D eigenvalue weighted by Gasteiger charge is -2.34. The molecule has 7 heteroatoms. The van der Waals surface area contributed by atoms with Crippen molar-refractivity contribution in [3.8, 4) is 0 Å². The third-order valence-electron chi connectivity index (χ3n) is 4.76. The van der Waals surface area contributed by atoms with Crippen LogP contribution in [0.2, 0.25) is 0 Å². The van der Waals surface area contributed by atoms with E-state index >= 15 is 0 Å². The van der Waals surface area contributed by atoms with Crippen LogP contribution >= 0.6 is 0 Å². The third-order valence-corrected chi connectivity index (χ3v) is 4.76. The van der Waals surface area contributed by atoms with Crippen LogP contribution in [0.5, 0.6) is 0 Å². The molecular weight excluding hydrogens is 308 g/mol. The van der Waals surface area contributed by atoms with Crippen LogP contribution in [0.25, 0.3) is 0 Å². The lowest BCUT2D eigenvalue weighted by molar-refractivity contribution is -0.125. The van der Waals surface area contributed by atoms with Crippen molar-refractivity contribution in [3.63, 3.8) is 0 Å². The maximum absolute atomic E-state index is 12.0. The fourth-order valence-corrected chi connectivity index (χ4v) is 3.03. The maximum atomic E-state index is 12.0. The third kappa shape index (κ3) is 7.15. The lowest BCUT2D eigenvalue weighted by Crippen LogP contribution is -2.52. The Kier molecular flexibility index (Phi) is 7.94. The van der Waals surface area contributed by atoms with Crippen molar-refractivity contribution < 1.29 is 14.3 Å². The molecule has 1 aliphatic heterocycles. The van der Waals surface area contributed by atoms with Gasteiger partial charge in [0.1, 0.15) is 0 Å². The average Bonchev–Trinajstić information content (AvgIpc) is 3.38. The highest BCUT2D eigenvalue weighted by Crippen LogP contribution is 2.32. The molecule has 1 heterocycles.